The Morgan fingerprint density at radius 2 is 1.62 bits per heavy atom. The average molecular weight is 335 g/mol. The lowest BCUT2D eigenvalue weighted by Crippen LogP contribution is -2.19. The Balaban J connectivity index is 1.99. The Bertz CT molecular complexity index is 1040. The van der Waals surface area contributed by atoms with Crippen molar-refractivity contribution in [3.63, 3.8) is 0 Å². The van der Waals surface area contributed by atoms with Gasteiger partial charge in [-0.15, -0.1) is 0 Å². The Kier molecular flexibility index (Phi) is 3.67. The minimum Gasteiger partial charge on any atom is -0.319 e. The number of amides is 1. The van der Waals surface area contributed by atoms with Crippen LogP contribution in [0.1, 0.15) is 10.4 Å². The third kappa shape index (κ3) is 2.36. The molecule has 8 heteroatoms. The van der Waals surface area contributed by atoms with Crippen molar-refractivity contribution in [3.8, 4) is 0 Å². The zero-order valence-electron chi connectivity index (χ0n) is 12.7. The molecule has 24 heavy (non-hydrogen) atoms. The number of fused-ring (bicyclic) bond motifs is 1. The minimum absolute atomic E-state index is 0.146. The van der Waals surface area contributed by atoms with Crippen LogP contribution >= 0.6 is 0 Å². The largest absolute Gasteiger partial charge is 0.328 e. The van der Waals surface area contributed by atoms with Gasteiger partial charge in [-0.25, -0.2) is 18.0 Å². The first-order valence-electron chi connectivity index (χ1n) is 6.91. The van der Waals surface area contributed by atoms with E-state index in [1.807, 2.05) is 0 Å². The van der Waals surface area contributed by atoms with Crippen molar-refractivity contribution < 1.29 is 18.0 Å². The number of hydrogen-bond donors (Lipinski definition) is 1. The Morgan fingerprint density at radius 3 is 2.33 bits per heavy atom. The molecule has 2 aromatic carbocycles. The van der Waals surface area contributed by atoms with Crippen molar-refractivity contribution in [3.05, 3.63) is 63.8 Å². The third-order valence-corrected chi connectivity index (χ3v) is 3.82. The van der Waals surface area contributed by atoms with E-state index in [4.69, 9.17) is 0 Å². The van der Waals surface area contributed by atoms with Crippen LogP contribution in [0, 0.1) is 17.5 Å². The van der Waals surface area contributed by atoms with Crippen LogP contribution in [-0.2, 0) is 14.1 Å². The summed E-state index contributed by atoms with van der Waals surface area (Å²) in [5.41, 5.74) is 0.557. The first-order valence-corrected chi connectivity index (χ1v) is 6.91. The van der Waals surface area contributed by atoms with Gasteiger partial charge in [0.25, 0.3) is 5.91 Å². The van der Waals surface area contributed by atoms with Crippen LogP contribution in [0.4, 0.5) is 18.9 Å². The van der Waals surface area contributed by atoms with E-state index < -0.39 is 29.0 Å². The molecule has 5 nitrogen and oxygen atoms in total. The van der Waals surface area contributed by atoms with Gasteiger partial charge in [-0.2, -0.15) is 0 Å². The summed E-state index contributed by atoms with van der Waals surface area (Å²) in [4.78, 5) is 24.1. The van der Waals surface area contributed by atoms with Crippen LogP contribution in [0.25, 0.3) is 11.0 Å². The van der Waals surface area contributed by atoms with E-state index in [1.165, 1.54) is 21.3 Å². The first kappa shape index (κ1) is 15.9. The summed E-state index contributed by atoms with van der Waals surface area (Å²) in [6.07, 6.45) is 0. The molecule has 1 aromatic heterocycles. The van der Waals surface area contributed by atoms with Gasteiger partial charge >= 0.3 is 5.69 Å². The molecule has 1 heterocycles. The fraction of sp³-hybridized carbons (Fsp3) is 0.125. The summed E-state index contributed by atoms with van der Waals surface area (Å²) in [6, 6.07) is 6.15. The summed E-state index contributed by atoms with van der Waals surface area (Å²) < 4.78 is 42.5. The van der Waals surface area contributed by atoms with Crippen LogP contribution in [0.15, 0.2) is 35.1 Å². The zero-order valence-corrected chi connectivity index (χ0v) is 12.7. The molecular weight excluding hydrogens is 323 g/mol. The molecule has 0 aliphatic carbocycles. The van der Waals surface area contributed by atoms with Gasteiger partial charge in [-0.1, -0.05) is 0 Å². The molecule has 1 amide bonds. The van der Waals surface area contributed by atoms with Gasteiger partial charge in [0.15, 0.2) is 17.5 Å². The standard InChI is InChI=1S/C16H12F3N3O2/c1-21-11-6-3-8(7-12(11)22(2)16(21)24)15(23)20-10-5-4-9(17)13(18)14(10)19/h3-7H,1-2H3,(H,20,23). The lowest BCUT2D eigenvalue weighted by atomic mass is 10.1. The minimum atomic E-state index is -1.66. The van der Waals surface area contributed by atoms with Crippen molar-refractivity contribution >= 4 is 22.6 Å². The molecule has 0 unspecified atom stereocenters. The summed E-state index contributed by atoms with van der Waals surface area (Å²) in [7, 11) is 3.16. The highest BCUT2D eigenvalue weighted by molar-refractivity contribution is 6.06. The molecule has 0 radical (unpaired) electrons. The number of carbonyl (C=O) groups excluding carboxylic acids is 1. The molecular formula is C16H12F3N3O2. The number of benzene rings is 2. The van der Waals surface area contributed by atoms with Crippen molar-refractivity contribution in [2.45, 2.75) is 0 Å². The molecule has 3 aromatic rings. The van der Waals surface area contributed by atoms with Crippen LogP contribution in [0.2, 0.25) is 0 Å². The summed E-state index contributed by atoms with van der Waals surface area (Å²) in [5.74, 6) is -5.19. The lowest BCUT2D eigenvalue weighted by molar-refractivity contribution is 0.102. The Morgan fingerprint density at radius 1 is 0.958 bits per heavy atom. The fourth-order valence-electron chi connectivity index (χ4n) is 2.46. The number of carbonyl (C=O) groups is 1. The fourth-order valence-corrected chi connectivity index (χ4v) is 2.46. The molecule has 3 rings (SSSR count). The van der Waals surface area contributed by atoms with Gasteiger partial charge in [-0.3, -0.25) is 13.9 Å². The zero-order chi connectivity index (χ0) is 17.6. The smallest absolute Gasteiger partial charge is 0.319 e. The average Bonchev–Trinajstić information content (AvgIpc) is 2.79. The number of halogens is 3. The van der Waals surface area contributed by atoms with E-state index in [-0.39, 0.29) is 11.3 Å². The third-order valence-electron chi connectivity index (χ3n) is 3.82. The van der Waals surface area contributed by atoms with Gasteiger partial charge in [0.1, 0.15) is 0 Å². The molecule has 0 saturated carbocycles. The molecule has 0 atom stereocenters. The van der Waals surface area contributed by atoms with Crippen LogP contribution in [0.3, 0.4) is 0 Å². The normalized spacial score (nSPS) is 11.0. The molecule has 0 spiro atoms. The molecule has 0 aliphatic rings. The van der Waals surface area contributed by atoms with E-state index >= 15 is 0 Å². The molecule has 0 aliphatic heterocycles. The number of nitrogens with zero attached hydrogens (tertiary/aromatic N) is 2. The Hall–Kier alpha value is -3.03. The first-order chi connectivity index (χ1) is 11.3. The SMILES string of the molecule is Cn1c(=O)n(C)c2cc(C(=O)Nc3ccc(F)c(F)c3F)ccc21. The molecule has 0 fully saturated rings. The Labute approximate surface area is 133 Å². The summed E-state index contributed by atoms with van der Waals surface area (Å²) in [5, 5.41) is 2.19. The van der Waals surface area contributed by atoms with Crippen molar-refractivity contribution in [1.82, 2.24) is 9.13 Å². The summed E-state index contributed by atoms with van der Waals surface area (Å²) >= 11 is 0. The van der Waals surface area contributed by atoms with Crippen molar-refractivity contribution in [2.24, 2.45) is 14.1 Å². The number of imidazole rings is 1. The van der Waals surface area contributed by atoms with Gasteiger partial charge in [0, 0.05) is 19.7 Å². The molecule has 0 bridgehead atoms. The number of aromatic nitrogens is 2. The monoisotopic (exact) mass is 335 g/mol. The van der Waals surface area contributed by atoms with Gasteiger partial charge in [0.05, 0.1) is 16.7 Å². The van der Waals surface area contributed by atoms with E-state index in [9.17, 15) is 22.8 Å². The lowest BCUT2D eigenvalue weighted by Gasteiger charge is -2.08. The van der Waals surface area contributed by atoms with E-state index in [0.717, 1.165) is 12.1 Å². The van der Waals surface area contributed by atoms with Gasteiger partial charge in [0.2, 0.25) is 0 Å². The van der Waals surface area contributed by atoms with E-state index in [2.05, 4.69) is 5.32 Å². The molecule has 124 valence electrons. The second-order valence-electron chi connectivity index (χ2n) is 5.28. The summed E-state index contributed by atoms with van der Waals surface area (Å²) in [6.45, 7) is 0. The van der Waals surface area contributed by atoms with Crippen molar-refractivity contribution in [1.29, 1.82) is 0 Å². The number of aryl methyl sites for hydroxylation is 2. The topological polar surface area (TPSA) is 56.0 Å². The van der Waals surface area contributed by atoms with Crippen molar-refractivity contribution in [2.75, 3.05) is 5.32 Å². The number of rotatable bonds is 2. The quantitative estimate of drug-likeness (QED) is 0.732. The van der Waals surface area contributed by atoms with E-state index in [0.29, 0.717) is 11.0 Å². The molecule has 1 N–H and O–H groups in total. The van der Waals surface area contributed by atoms with Gasteiger partial charge < -0.3 is 5.32 Å². The number of hydrogen-bond acceptors (Lipinski definition) is 2. The number of anilines is 1. The maximum Gasteiger partial charge on any atom is 0.328 e. The second kappa shape index (κ2) is 5.55. The maximum atomic E-state index is 13.6. The van der Waals surface area contributed by atoms with Gasteiger partial charge in [-0.05, 0) is 30.3 Å². The predicted molar refractivity (Wildman–Crippen MR) is 82.4 cm³/mol. The predicted octanol–water partition coefficient (Wildman–Crippen LogP) is 2.55. The van der Waals surface area contributed by atoms with Crippen LogP contribution in [0.5, 0.6) is 0 Å². The second-order valence-corrected chi connectivity index (χ2v) is 5.28. The maximum absolute atomic E-state index is 13.6. The van der Waals surface area contributed by atoms with E-state index in [1.54, 1.807) is 20.2 Å². The highest BCUT2D eigenvalue weighted by Gasteiger charge is 2.17. The van der Waals surface area contributed by atoms with Crippen LogP contribution in [-0.4, -0.2) is 15.0 Å². The highest BCUT2D eigenvalue weighted by atomic mass is 19.2. The molecule has 0 saturated heterocycles. The number of nitrogens with one attached hydrogen (secondary N) is 1. The highest BCUT2D eigenvalue weighted by Crippen LogP contribution is 2.21. The van der Waals surface area contributed by atoms with Crippen LogP contribution < -0.4 is 11.0 Å².